The normalized spacial score (nSPS) is 30.2. The summed E-state index contributed by atoms with van der Waals surface area (Å²) in [7, 11) is 5.18. The van der Waals surface area contributed by atoms with E-state index in [2.05, 4.69) is 21.9 Å². The fourth-order valence-electron chi connectivity index (χ4n) is 7.37. The lowest BCUT2D eigenvalue weighted by molar-refractivity contribution is -0.132. The maximum atomic E-state index is 13.6. The number of ether oxygens (including phenoxy) is 3. The van der Waals surface area contributed by atoms with Gasteiger partial charge in [0.25, 0.3) is 0 Å². The number of likely N-dealkylation sites (N-methyl/N-ethyl adjacent to an activating group) is 1. The summed E-state index contributed by atoms with van der Waals surface area (Å²) in [4.78, 5) is 35.1. The lowest BCUT2D eigenvalue weighted by Crippen LogP contribution is -2.70. The zero-order valence-corrected chi connectivity index (χ0v) is 21.9. The fraction of sp³-hybridized carbons (Fsp3) is 0.500. The number of fused-ring (bicyclic) bond motifs is 7. The van der Waals surface area contributed by atoms with Gasteiger partial charge in [0, 0.05) is 41.3 Å². The number of Topliss-reactive ketones (excluding diaryl/α,β-unsaturated/α-hetero) is 1. The molecule has 0 radical (unpaired) electrons. The van der Waals surface area contributed by atoms with Crippen molar-refractivity contribution < 1.29 is 23.8 Å². The number of methoxy groups -OCH3 is 2. The fourth-order valence-corrected chi connectivity index (χ4v) is 7.37. The highest BCUT2D eigenvalue weighted by atomic mass is 16.6. The minimum absolute atomic E-state index is 0.0200. The Hall–Kier alpha value is -3.48. The number of nitriles is 1. The second-order valence-corrected chi connectivity index (χ2v) is 10.5. The molecule has 37 heavy (non-hydrogen) atoms. The number of allylic oxidation sites excluding steroid dienone is 2. The number of hydrogen-bond acceptors (Lipinski definition) is 9. The molecule has 1 aromatic carbocycles. The van der Waals surface area contributed by atoms with Crippen molar-refractivity contribution in [2.24, 2.45) is 4.99 Å². The van der Waals surface area contributed by atoms with Crippen molar-refractivity contribution in [1.29, 1.82) is 5.26 Å². The van der Waals surface area contributed by atoms with Gasteiger partial charge in [-0.05, 0) is 44.9 Å². The van der Waals surface area contributed by atoms with Crippen LogP contribution in [0.5, 0.6) is 11.5 Å². The van der Waals surface area contributed by atoms with Crippen LogP contribution in [-0.4, -0.2) is 79.2 Å². The number of ketones is 1. The van der Waals surface area contributed by atoms with Crippen molar-refractivity contribution in [1.82, 2.24) is 9.80 Å². The second-order valence-electron chi connectivity index (χ2n) is 10.5. The molecule has 6 rings (SSSR count). The topological polar surface area (TPSA) is 104 Å². The molecule has 0 N–H and O–H groups in total. The van der Waals surface area contributed by atoms with E-state index in [0.717, 1.165) is 33.5 Å². The molecule has 4 heterocycles. The number of nitrogens with zero attached hydrogens (tertiary/aromatic N) is 4. The van der Waals surface area contributed by atoms with Crippen LogP contribution in [0.15, 0.2) is 33.5 Å². The lowest BCUT2D eigenvalue weighted by Gasteiger charge is -2.59. The molecular weight excluding hydrogens is 472 g/mol. The highest BCUT2D eigenvalue weighted by molar-refractivity contribution is 6.27. The highest BCUT2D eigenvalue weighted by Gasteiger charge is 2.58. The summed E-state index contributed by atoms with van der Waals surface area (Å²) in [6.45, 7) is 5.59. The Labute approximate surface area is 216 Å². The van der Waals surface area contributed by atoms with E-state index < -0.39 is 5.97 Å². The van der Waals surface area contributed by atoms with Crippen LogP contribution < -0.4 is 9.47 Å². The average molecular weight is 503 g/mol. The van der Waals surface area contributed by atoms with Gasteiger partial charge in [-0.25, -0.2) is 0 Å². The third kappa shape index (κ3) is 3.06. The van der Waals surface area contributed by atoms with Crippen molar-refractivity contribution in [2.45, 2.75) is 63.8 Å². The summed E-state index contributed by atoms with van der Waals surface area (Å²) < 4.78 is 17.2. The van der Waals surface area contributed by atoms with E-state index >= 15 is 0 Å². The maximum absolute atomic E-state index is 13.6. The van der Waals surface area contributed by atoms with Gasteiger partial charge in [0.15, 0.2) is 23.0 Å². The van der Waals surface area contributed by atoms with Gasteiger partial charge < -0.3 is 14.2 Å². The van der Waals surface area contributed by atoms with Gasteiger partial charge in [0.2, 0.25) is 0 Å². The van der Waals surface area contributed by atoms with Crippen molar-refractivity contribution >= 4 is 17.5 Å². The molecule has 0 spiro atoms. The molecule has 0 unspecified atom stereocenters. The largest absolute Gasteiger partial charge is 0.494 e. The van der Waals surface area contributed by atoms with E-state index in [1.165, 1.54) is 6.92 Å². The molecule has 9 heteroatoms. The lowest BCUT2D eigenvalue weighted by atomic mass is 9.70. The average Bonchev–Trinajstić information content (AvgIpc) is 3.28. The Kier molecular flexibility index (Phi) is 5.34. The summed E-state index contributed by atoms with van der Waals surface area (Å²) in [6, 6.07) is 3.66. The van der Waals surface area contributed by atoms with Gasteiger partial charge >= 0.3 is 5.97 Å². The highest BCUT2D eigenvalue weighted by Crippen LogP contribution is 2.54. The van der Waals surface area contributed by atoms with E-state index in [1.54, 1.807) is 21.1 Å². The van der Waals surface area contributed by atoms with Gasteiger partial charge in [-0.3, -0.25) is 24.4 Å². The SMILES string of the molecule is COC1=C(C)C(=O)C2=C3C1=NC[C@@H]3N1[C@@H](C#N)[C@@H]3Cc4cc(C)c(OC)c(OC(C)=O)c4[C@H]([C@@H]1C2)N3C. The summed E-state index contributed by atoms with van der Waals surface area (Å²) in [5.41, 5.74) is 5.81. The van der Waals surface area contributed by atoms with Gasteiger partial charge in [0.05, 0.1) is 38.9 Å². The predicted octanol–water partition coefficient (Wildman–Crippen LogP) is 2.43. The van der Waals surface area contributed by atoms with Crippen LogP contribution in [0.4, 0.5) is 0 Å². The molecule has 192 valence electrons. The zero-order valence-electron chi connectivity index (χ0n) is 21.9. The van der Waals surface area contributed by atoms with Gasteiger partial charge in [-0.15, -0.1) is 0 Å². The molecule has 5 aliphatic rings. The third-order valence-corrected chi connectivity index (χ3v) is 8.73. The number of esters is 1. The Bertz CT molecular complexity index is 1400. The molecular formula is C28H30N4O5. The number of aryl methyl sites for hydroxylation is 1. The Morgan fingerprint density at radius 2 is 1.92 bits per heavy atom. The summed E-state index contributed by atoms with van der Waals surface area (Å²) in [6.07, 6.45) is 1.10. The summed E-state index contributed by atoms with van der Waals surface area (Å²) in [5.74, 6) is 1.07. The first-order valence-electron chi connectivity index (χ1n) is 12.6. The van der Waals surface area contributed by atoms with Crippen LogP contribution >= 0.6 is 0 Å². The van der Waals surface area contributed by atoms with Crippen LogP contribution in [0.25, 0.3) is 0 Å². The second kappa shape index (κ2) is 8.27. The maximum Gasteiger partial charge on any atom is 0.308 e. The van der Waals surface area contributed by atoms with Gasteiger partial charge in [-0.2, -0.15) is 5.26 Å². The first kappa shape index (κ1) is 23.9. The zero-order chi connectivity index (χ0) is 26.3. The van der Waals surface area contributed by atoms with Gasteiger partial charge in [0.1, 0.15) is 11.8 Å². The third-order valence-electron chi connectivity index (χ3n) is 8.73. The number of hydrogen-bond donors (Lipinski definition) is 0. The minimum Gasteiger partial charge on any atom is -0.494 e. The number of rotatable bonds is 3. The molecule has 1 aliphatic carbocycles. The predicted molar refractivity (Wildman–Crippen MR) is 135 cm³/mol. The monoisotopic (exact) mass is 502 g/mol. The van der Waals surface area contributed by atoms with E-state index in [4.69, 9.17) is 19.2 Å². The van der Waals surface area contributed by atoms with Gasteiger partial charge in [-0.1, -0.05) is 6.07 Å². The van der Waals surface area contributed by atoms with Crippen molar-refractivity contribution in [2.75, 3.05) is 27.8 Å². The number of carbonyl (C=O) groups is 2. The molecule has 1 saturated heterocycles. The van der Waals surface area contributed by atoms with Crippen LogP contribution in [0, 0.1) is 18.3 Å². The number of benzene rings is 1. The molecule has 0 aromatic heterocycles. The smallest absolute Gasteiger partial charge is 0.308 e. The Balaban J connectivity index is 1.57. The number of aliphatic imine (C=N–C) groups is 1. The first-order valence-corrected chi connectivity index (χ1v) is 12.6. The molecule has 1 aromatic rings. The van der Waals surface area contributed by atoms with Crippen LogP contribution in [0.1, 0.15) is 43.0 Å². The van der Waals surface area contributed by atoms with E-state index in [-0.39, 0.29) is 36.0 Å². The van der Waals surface area contributed by atoms with Crippen LogP contribution in [-0.2, 0) is 20.7 Å². The standard InChI is InChI=1S/C28H30N4O5/c1-12-7-15-8-17-19(10-29)32-18(24(31(17)4)21(15)28(26(12)35-5)37-14(3)33)9-16-22-20(32)11-30-23(22)27(36-6)13(2)25(16)34/h7,17-20,24H,8-9,11H2,1-6H3/t17-,18-,19-,20-,24-/m0/s1. The van der Waals surface area contributed by atoms with E-state index in [9.17, 15) is 14.9 Å². The summed E-state index contributed by atoms with van der Waals surface area (Å²) in [5, 5.41) is 10.5. The Morgan fingerprint density at radius 1 is 1.16 bits per heavy atom. The number of piperazine rings is 1. The Morgan fingerprint density at radius 3 is 2.57 bits per heavy atom. The van der Waals surface area contributed by atoms with Crippen molar-refractivity contribution in [3.05, 3.63) is 45.2 Å². The quantitative estimate of drug-likeness (QED) is 0.353. The van der Waals surface area contributed by atoms with Crippen molar-refractivity contribution in [3.8, 4) is 17.6 Å². The molecule has 4 aliphatic heterocycles. The summed E-state index contributed by atoms with van der Waals surface area (Å²) >= 11 is 0. The molecule has 5 atom stereocenters. The van der Waals surface area contributed by atoms with Crippen LogP contribution in [0.2, 0.25) is 0 Å². The molecule has 0 saturated carbocycles. The minimum atomic E-state index is -0.420. The molecule has 9 nitrogen and oxygen atoms in total. The van der Waals surface area contributed by atoms with Crippen LogP contribution in [0.3, 0.4) is 0 Å². The first-order chi connectivity index (χ1) is 17.7. The molecule has 2 bridgehead atoms. The number of carbonyl (C=O) groups excluding carboxylic acids is 2. The van der Waals surface area contributed by atoms with Crippen molar-refractivity contribution in [3.63, 3.8) is 0 Å². The van der Waals surface area contributed by atoms with E-state index in [0.29, 0.717) is 42.2 Å². The molecule has 0 amide bonds. The molecule has 1 fully saturated rings. The van der Waals surface area contributed by atoms with E-state index in [1.807, 2.05) is 14.0 Å².